The zero-order chi connectivity index (χ0) is 18.4. The first kappa shape index (κ1) is 17.5. The zero-order valence-corrected chi connectivity index (χ0v) is 14.9. The number of urea groups is 1. The summed E-state index contributed by atoms with van der Waals surface area (Å²) < 4.78 is 7.71. The lowest BCUT2D eigenvalue weighted by Gasteiger charge is -2.10. The molecule has 0 unspecified atom stereocenters. The molecule has 1 aromatic heterocycles. The number of ether oxygens (including phenoxy) is 1. The van der Waals surface area contributed by atoms with E-state index < -0.39 is 0 Å². The van der Waals surface area contributed by atoms with Crippen LogP contribution in [0.3, 0.4) is 0 Å². The molecule has 2 amide bonds. The highest BCUT2D eigenvalue weighted by Crippen LogP contribution is 2.27. The summed E-state index contributed by atoms with van der Waals surface area (Å²) in [5.41, 5.74) is 2.63. The summed E-state index contributed by atoms with van der Waals surface area (Å²) in [6, 6.07) is 18.7. The number of nitrogens with zero attached hydrogens (tertiary/aromatic N) is 2. The molecule has 0 saturated carbocycles. The fourth-order valence-corrected chi connectivity index (χ4v) is 2.69. The van der Waals surface area contributed by atoms with Crippen molar-refractivity contribution in [3.8, 4) is 11.6 Å². The van der Waals surface area contributed by atoms with Crippen molar-refractivity contribution in [2.24, 2.45) is 7.05 Å². The van der Waals surface area contributed by atoms with E-state index in [1.165, 1.54) is 0 Å². The van der Waals surface area contributed by atoms with Crippen LogP contribution >= 0.6 is 0 Å². The Labute approximate surface area is 152 Å². The van der Waals surface area contributed by atoms with Crippen molar-refractivity contribution >= 4 is 11.7 Å². The summed E-state index contributed by atoms with van der Waals surface area (Å²) in [5.74, 6) is 1.45. The summed E-state index contributed by atoms with van der Waals surface area (Å²) in [5, 5.41) is 10.1. The van der Waals surface area contributed by atoms with Gasteiger partial charge in [0.15, 0.2) is 0 Å². The van der Waals surface area contributed by atoms with Crippen molar-refractivity contribution in [2.45, 2.75) is 13.3 Å². The molecule has 0 aliphatic rings. The Morgan fingerprint density at radius 1 is 1.08 bits per heavy atom. The molecular weight excluding hydrogens is 328 g/mol. The summed E-state index contributed by atoms with van der Waals surface area (Å²) >= 11 is 0. The number of nitrogens with one attached hydrogen (secondary N) is 2. The largest absolute Gasteiger partial charge is 0.439 e. The molecule has 0 saturated heterocycles. The molecule has 134 valence electrons. The zero-order valence-electron chi connectivity index (χ0n) is 14.9. The average molecular weight is 350 g/mol. The molecule has 3 rings (SSSR count). The van der Waals surface area contributed by atoms with E-state index in [0.29, 0.717) is 18.8 Å². The molecule has 3 aromatic rings. The number of carbonyl (C=O) groups is 1. The molecule has 6 heteroatoms. The minimum Gasteiger partial charge on any atom is -0.439 e. The lowest BCUT2D eigenvalue weighted by molar-refractivity contribution is 0.252. The third kappa shape index (κ3) is 4.42. The van der Waals surface area contributed by atoms with Gasteiger partial charge in [-0.1, -0.05) is 36.4 Å². The summed E-state index contributed by atoms with van der Waals surface area (Å²) in [4.78, 5) is 12.0. The second kappa shape index (κ2) is 8.20. The highest BCUT2D eigenvalue weighted by Gasteiger charge is 2.15. The molecule has 1 heterocycles. The van der Waals surface area contributed by atoms with Gasteiger partial charge in [-0.05, 0) is 37.6 Å². The minimum atomic E-state index is -0.233. The first-order valence-corrected chi connectivity index (χ1v) is 8.49. The van der Waals surface area contributed by atoms with Crippen LogP contribution in [-0.4, -0.2) is 22.4 Å². The Bertz CT molecular complexity index is 860. The molecule has 6 nitrogen and oxygen atoms in total. The number of hydrogen-bond donors (Lipinski definition) is 2. The van der Waals surface area contributed by atoms with E-state index in [-0.39, 0.29) is 6.03 Å². The van der Waals surface area contributed by atoms with Crippen LogP contribution in [0.15, 0.2) is 60.7 Å². The van der Waals surface area contributed by atoms with Gasteiger partial charge in [0.25, 0.3) is 0 Å². The van der Waals surface area contributed by atoms with Gasteiger partial charge in [0, 0.05) is 24.8 Å². The normalized spacial score (nSPS) is 10.4. The molecule has 0 radical (unpaired) electrons. The Kier molecular flexibility index (Phi) is 5.53. The molecule has 26 heavy (non-hydrogen) atoms. The van der Waals surface area contributed by atoms with Crippen LogP contribution in [0.4, 0.5) is 10.5 Å². The Morgan fingerprint density at radius 3 is 2.42 bits per heavy atom. The molecule has 2 N–H and O–H groups in total. The molecular formula is C20H22N4O2. The van der Waals surface area contributed by atoms with E-state index in [1.807, 2.05) is 74.6 Å². The maximum absolute atomic E-state index is 12.0. The topological polar surface area (TPSA) is 68.2 Å². The highest BCUT2D eigenvalue weighted by molar-refractivity contribution is 5.89. The van der Waals surface area contributed by atoms with E-state index in [0.717, 1.165) is 22.7 Å². The Hall–Kier alpha value is -3.28. The Balaban J connectivity index is 1.60. The van der Waals surface area contributed by atoms with Gasteiger partial charge in [0.2, 0.25) is 5.88 Å². The predicted octanol–water partition coefficient (Wildman–Crippen LogP) is 3.89. The first-order chi connectivity index (χ1) is 12.6. The second-order valence-corrected chi connectivity index (χ2v) is 5.90. The number of amides is 2. The molecule has 0 bridgehead atoms. The van der Waals surface area contributed by atoms with E-state index >= 15 is 0 Å². The van der Waals surface area contributed by atoms with Crippen molar-refractivity contribution in [1.82, 2.24) is 15.1 Å². The molecule has 0 aliphatic heterocycles. The van der Waals surface area contributed by atoms with Gasteiger partial charge < -0.3 is 15.4 Å². The maximum atomic E-state index is 12.0. The summed E-state index contributed by atoms with van der Waals surface area (Å²) in [6.45, 7) is 2.42. The van der Waals surface area contributed by atoms with Gasteiger partial charge in [0.05, 0.1) is 5.69 Å². The van der Waals surface area contributed by atoms with E-state index in [4.69, 9.17) is 4.74 Å². The van der Waals surface area contributed by atoms with E-state index in [1.54, 1.807) is 4.68 Å². The number of aromatic nitrogens is 2. The lowest BCUT2D eigenvalue weighted by atomic mass is 10.2. The quantitative estimate of drug-likeness (QED) is 0.709. The standard InChI is InChI=1S/C20H22N4O2/c1-15-18(13-14-21-20(25)22-16-9-5-3-6-10-16)19(24(2)23-15)26-17-11-7-4-8-12-17/h3-12H,13-14H2,1-2H3,(H2,21,22,25). The average Bonchev–Trinajstić information content (AvgIpc) is 2.90. The molecule has 2 aromatic carbocycles. The SMILES string of the molecule is Cc1nn(C)c(Oc2ccccc2)c1CCNC(=O)Nc1ccccc1. The van der Waals surface area contributed by atoms with Crippen molar-refractivity contribution < 1.29 is 9.53 Å². The van der Waals surface area contributed by atoms with E-state index in [2.05, 4.69) is 15.7 Å². The van der Waals surface area contributed by atoms with Crippen LogP contribution in [0.25, 0.3) is 0 Å². The molecule has 0 spiro atoms. The van der Waals surface area contributed by atoms with E-state index in [9.17, 15) is 4.79 Å². The van der Waals surface area contributed by atoms with Gasteiger partial charge in [-0.3, -0.25) is 0 Å². The van der Waals surface area contributed by atoms with Crippen LogP contribution in [0, 0.1) is 6.92 Å². The van der Waals surface area contributed by atoms with Crippen LogP contribution in [0.1, 0.15) is 11.3 Å². The Morgan fingerprint density at radius 2 is 1.73 bits per heavy atom. The summed E-state index contributed by atoms with van der Waals surface area (Å²) in [7, 11) is 1.85. The van der Waals surface area contributed by atoms with Gasteiger partial charge in [-0.2, -0.15) is 5.10 Å². The van der Waals surface area contributed by atoms with Crippen LogP contribution < -0.4 is 15.4 Å². The van der Waals surface area contributed by atoms with Crippen molar-refractivity contribution in [2.75, 3.05) is 11.9 Å². The monoisotopic (exact) mass is 350 g/mol. The first-order valence-electron chi connectivity index (χ1n) is 8.49. The van der Waals surface area contributed by atoms with Crippen molar-refractivity contribution in [3.63, 3.8) is 0 Å². The van der Waals surface area contributed by atoms with Crippen molar-refractivity contribution in [3.05, 3.63) is 71.9 Å². The number of rotatable bonds is 6. The van der Waals surface area contributed by atoms with Crippen molar-refractivity contribution in [1.29, 1.82) is 0 Å². The number of para-hydroxylation sites is 2. The minimum absolute atomic E-state index is 0.233. The predicted molar refractivity (Wildman–Crippen MR) is 102 cm³/mol. The third-order valence-corrected chi connectivity index (χ3v) is 3.94. The molecule has 0 fully saturated rings. The van der Waals surface area contributed by atoms with Crippen LogP contribution in [0.5, 0.6) is 11.6 Å². The fraction of sp³-hybridized carbons (Fsp3) is 0.200. The fourth-order valence-electron chi connectivity index (χ4n) is 2.69. The maximum Gasteiger partial charge on any atom is 0.319 e. The van der Waals surface area contributed by atoms with Crippen LogP contribution in [-0.2, 0) is 13.5 Å². The number of benzene rings is 2. The highest BCUT2D eigenvalue weighted by atomic mass is 16.5. The second-order valence-electron chi connectivity index (χ2n) is 5.90. The molecule has 0 aliphatic carbocycles. The number of aryl methyl sites for hydroxylation is 2. The number of carbonyl (C=O) groups excluding carboxylic acids is 1. The molecule has 0 atom stereocenters. The van der Waals surface area contributed by atoms with Gasteiger partial charge in [0.1, 0.15) is 5.75 Å². The van der Waals surface area contributed by atoms with Gasteiger partial charge in [-0.15, -0.1) is 0 Å². The summed E-state index contributed by atoms with van der Waals surface area (Å²) in [6.07, 6.45) is 0.629. The smallest absolute Gasteiger partial charge is 0.319 e. The van der Waals surface area contributed by atoms with Crippen LogP contribution in [0.2, 0.25) is 0 Å². The lowest BCUT2D eigenvalue weighted by Crippen LogP contribution is -2.30. The van der Waals surface area contributed by atoms with Gasteiger partial charge >= 0.3 is 6.03 Å². The van der Waals surface area contributed by atoms with Gasteiger partial charge in [-0.25, -0.2) is 9.48 Å². The third-order valence-electron chi connectivity index (χ3n) is 3.94. The number of hydrogen-bond acceptors (Lipinski definition) is 3. The number of anilines is 1.